The first-order valence-electron chi connectivity index (χ1n) is 16.4. The lowest BCUT2D eigenvalue weighted by atomic mass is 9.98. The van der Waals surface area contributed by atoms with Crippen LogP contribution in [0.3, 0.4) is 0 Å². The van der Waals surface area contributed by atoms with Gasteiger partial charge in [-0.05, 0) is 60.7 Å². The molecule has 13 heteroatoms. The van der Waals surface area contributed by atoms with Gasteiger partial charge in [-0.1, -0.05) is 24.3 Å². The molecule has 2 aliphatic rings. The molecule has 0 spiro atoms. The monoisotopic (exact) mass is 682 g/mol. The van der Waals surface area contributed by atoms with E-state index in [4.69, 9.17) is 21.4 Å². The van der Waals surface area contributed by atoms with Crippen molar-refractivity contribution in [1.82, 2.24) is 34.4 Å². The average molecular weight is 683 g/mol. The van der Waals surface area contributed by atoms with Crippen LogP contribution in [0.5, 0.6) is 5.75 Å². The van der Waals surface area contributed by atoms with Crippen molar-refractivity contribution in [3.05, 3.63) is 90.5 Å². The molecular weight excluding hydrogens is 650 g/mol. The van der Waals surface area contributed by atoms with Crippen LogP contribution in [-0.4, -0.2) is 78.0 Å². The maximum Gasteiger partial charge on any atom is 0.245 e. The van der Waals surface area contributed by atoms with Crippen molar-refractivity contribution in [1.29, 1.82) is 0 Å². The van der Waals surface area contributed by atoms with Crippen LogP contribution < -0.4 is 9.64 Å². The number of nitrogens with zero attached hydrogens (tertiary/aromatic N) is 8. The van der Waals surface area contributed by atoms with Gasteiger partial charge in [0.25, 0.3) is 0 Å². The number of carbonyl (C=O) groups is 1. The summed E-state index contributed by atoms with van der Waals surface area (Å²) < 4.78 is 38.4. The number of rotatable bonds is 5. The third kappa shape index (κ3) is 5.63. The Bertz CT molecular complexity index is 2200. The van der Waals surface area contributed by atoms with Gasteiger partial charge in [0.1, 0.15) is 41.5 Å². The van der Waals surface area contributed by atoms with E-state index in [1.54, 1.807) is 6.20 Å². The van der Waals surface area contributed by atoms with Crippen molar-refractivity contribution in [3.8, 4) is 22.6 Å². The van der Waals surface area contributed by atoms with E-state index in [0.29, 0.717) is 61.0 Å². The van der Waals surface area contributed by atoms with Gasteiger partial charge in [0.2, 0.25) is 5.91 Å². The highest BCUT2D eigenvalue weighted by molar-refractivity contribution is 6.17. The molecule has 1 amide bonds. The number of anilines is 1. The number of hydrogen-bond acceptors (Lipinski definition) is 7. The molecule has 3 aromatic heterocycles. The molecule has 1 saturated heterocycles. The molecule has 0 saturated carbocycles. The number of alkyl halides is 1. The fourth-order valence-electron chi connectivity index (χ4n) is 7.24. The maximum absolute atomic E-state index is 14.8. The molecule has 3 aromatic carbocycles. The molecule has 10 nitrogen and oxygen atoms in total. The number of carbonyl (C=O) groups excluding carboxylic acids is 1. The van der Waals surface area contributed by atoms with Crippen molar-refractivity contribution in [2.24, 2.45) is 7.05 Å². The van der Waals surface area contributed by atoms with Crippen LogP contribution in [-0.2, 0) is 18.3 Å². The molecule has 4 bridgehead atoms. The second-order valence-corrected chi connectivity index (χ2v) is 12.9. The zero-order valence-electron chi connectivity index (χ0n) is 26.8. The van der Waals surface area contributed by atoms with Gasteiger partial charge in [0.05, 0.1) is 23.6 Å². The van der Waals surface area contributed by atoms with Crippen LogP contribution in [0.25, 0.3) is 38.8 Å². The Morgan fingerprint density at radius 1 is 1.06 bits per heavy atom. The van der Waals surface area contributed by atoms with Crippen molar-refractivity contribution >= 4 is 45.3 Å². The smallest absolute Gasteiger partial charge is 0.245 e. The highest BCUT2D eigenvalue weighted by Crippen LogP contribution is 2.36. The van der Waals surface area contributed by atoms with E-state index in [2.05, 4.69) is 27.2 Å². The van der Waals surface area contributed by atoms with Crippen LogP contribution in [0.4, 0.5) is 14.6 Å². The molecule has 0 N–H and O–H groups in total. The Balaban J connectivity index is 1.21. The average Bonchev–Trinajstić information content (AvgIpc) is 3.81. The van der Waals surface area contributed by atoms with Crippen LogP contribution in [0.2, 0.25) is 0 Å². The van der Waals surface area contributed by atoms with E-state index in [1.807, 2.05) is 51.9 Å². The summed E-state index contributed by atoms with van der Waals surface area (Å²) in [5.74, 6) is 0.110. The predicted molar refractivity (Wildman–Crippen MR) is 183 cm³/mol. The molecule has 0 radical (unpaired) electrons. The van der Waals surface area contributed by atoms with Crippen LogP contribution in [0.1, 0.15) is 25.0 Å². The maximum atomic E-state index is 14.8. The summed E-state index contributed by atoms with van der Waals surface area (Å²) in [5.41, 5.74) is 4.53. The summed E-state index contributed by atoms with van der Waals surface area (Å²) in [5, 5.41) is 10.8. The van der Waals surface area contributed by atoms with Crippen molar-refractivity contribution in [2.45, 2.75) is 37.8 Å². The third-order valence-corrected chi connectivity index (χ3v) is 9.71. The minimum Gasteiger partial charge on any atom is -0.488 e. The summed E-state index contributed by atoms with van der Waals surface area (Å²) in [4.78, 5) is 27.5. The number of aromatic nitrogens is 6. The molecule has 2 aliphatic heterocycles. The van der Waals surface area contributed by atoms with E-state index >= 15 is 0 Å². The van der Waals surface area contributed by atoms with E-state index in [9.17, 15) is 13.6 Å². The first kappa shape index (κ1) is 31.2. The Morgan fingerprint density at radius 2 is 1.94 bits per heavy atom. The second-order valence-electron chi connectivity index (χ2n) is 12.5. The van der Waals surface area contributed by atoms with Gasteiger partial charge >= 0.3 is 0 Å². The summed E-state index contributed by atoms with van der Waals surface area (Å²) in [7, 11) is 1.97. The molecule has 6 aromatic rings. The predicted octanol–water partition coefficient (Wildman–Crippen LogP) is 6.08. The van der Waals surface area contributed by atoms with Crippen molar-refractivity contribution < 1.29 is 18.3 Å². The topological polar surface area (TPSA) is 94.2 Å². The molecule has 8 rings (SSSR count). The minimum absolute atomic E-state index is 0.0425. The highest BCUT2D eigenvalue weighted by atomic mass is 35.5. The number of halogens is 3. The Hall–Kier alpha value is -5.10. The van der Waals surface area contributed by atoms with Gasteiger partial charge in [-0.25, -0.2) is 23.4 Å². The van der Waals surface area contributed by atoms with E-state index in [1.165, 1.54) is 23.1 Å². The van der Waals surface area contributed by atoms with E-state index in [-0.39, 0.29) is 17.7 Å². The molecule has 5 heterocycles. The quantitative estimate of drug-likeness (QED) is 0.204. The van der Waals surface area contributed by atoms with E-state index in [0.717, 1.165) is 46.6 Å². The number of hydrogen-bond donors (Lipinski definition) is 0. The Labute approximate surface area is 285 Å². The van der Waals surface area contributed by atoms with Gasteiger partial charge in [-0.15, -0.1) is 11.6 Å². The number of aryl methyl sites for hydroxylation is 2. The van der Waals surface area contributed by atoms with Gasteiger partial charge in [0.15, 0.2) is 11.5 Å². The Kier molecular flexibility index (Phi) is 8.11. The van der Waals surface area contributed by atoms with Gasteiger partial charge < -0.3 is 14.5 Å². The summed E-state index contributed by atoms with van der Waals surface area (Å²) >= 11 is 6.14. The number of benzene rings is 3. The van der Waals surface area contributed by atoms with Gasteiger partial charge in [0, 0.05) is 49.6 Å². The summed E-state index contributed by atoms with van der Waals surface area (Å²) in [6, 6.07) is 16.9. The number of ether oxygens (including phenoxy) is 1. The van der Waals surface area contributed by atoms with Crippen molar-refractivity contribution in [3.63, 3.8) is 0 Å². The van der Waals surface area contributed by atoms with E-state index < -0.39 is 17.7 Å². The standard InChI is InChI=1S/C36H33ClF2N8O2/c1-44-31-10-4-14-45(15-5-13-37)36(48)32-18-25(49-24-7-2-6-22(16-24)26-8-3-9-29(43-44)33(26)31)20-46(32)34-27-19-42-47(35(27)41-21-40-34)30-12-11-23(38)17-28(30)39/h2-3,6-9,11-12,16-17,19,21,25,32H,4-5,10,13-15,18,20H2,1H3. The first-order valence-corrected chi connectivity index (χ1v) is 16.9. The fraction of sp³-hybridized carbons (Fsp3) is 0.306. The zero-order valence-corrected chi connectivity index (χ0v) is 27.5. The van der Waals surface area contributed by atoms with Gasteiger partial charge in [-0.3, -0.25) is 9.48 Å². The largest absolute Gasteiger partial charge is 0.488 e. The molecule has 1 fully saturated rings. The molecule has 2 atom stereocenters. The van der Waals surface area contributed by atoms with Crippen LogP contribution >= 0.6 is 11.6 Å². The normalized spacial score (nSPS) is 18.2. The van der Waals surface area contributed by atoms with Gasteiger partial charge in [-0.2, -0.15) is 10.2 Å². The SMILES string of the molecule is Cn1nc2cccc3c2c1CCCN(CCCCl)C(=O)C1CC(CN1c1ncnc2c1cnn2-c1ccc(F)cc1F)Oc1cccc-3c1. The first-order chi connectivity index (χ1) is 23.9. The third-order valence-electron chi connectivity index (χ3n) is 9.44. The molecule has 0 aliphatic carbocycles. The lowest BCUT2D eigenvalue weighted by Gasteiger charge is -2.31. The summed E-state index contributed by atoms with van der Waals surface area (Å²) in [6.45, 7) is 1.42. The molecular formula is C36H33ClF2N8O2. The lowest BCUT2D eigenvalue weighted by Crippen LogP contribution is -2.47. The number of fused-ring (bicyclic) bond motifs is 6. The number of amides is 1. The summed E-state index contributed by atoms with van der Waals surface area (Å²) in [6.07, 6.45) is 5.12. The molecule has 49 heavy (non-hydrogen) atoms. The fourth-order valence-corrected chi connectivity index (χ4v) is 7.36. The highest BCUT2D eigenvalue weighted by Gasteiger charge is 2.42. The molecule has 2 unspecified atom stereocenters. The minimum atomic E-state index is -0.771. The van der Waals surface area contributed by atoms with Crippen LogP contribution in [0, 0.1) is 11.6 Å². The van der Waals surface area contributed by atoms with Crippen molar-refractivity contribution in [2.75, 3.05) is 30.4 Å². The lowest BCUT2D eigenvalue weighted by molar-refractivity contribution is -0.132. The second kappa shape index (κ2) is 12.7. The van der Waals surface area contributed by atoms with Crippen LogP contribution in [0.15, 0.2) is 73.2 Å². The zero-order chi connectivity index (χ0) is 33.6. The Morgan fingerprint density at radius 3 is 2.80 bits per heavy atom. The molecule has 250 valence electrons.